The molecule has 1 unspecified atom stereocenters. The first-order valence-electron chi connectivity index (χ1n) is 8.80. The number of piperidine rings is 1. The third-order valence-electron chi connectivity index (χ3n) is 5.83. The van der Waals surface area contributed by atoms with Gasteiger partial charge >= 0.3 is 0 Å². The molecule has 0 aromatic carbocycles. The zero-order valence-corrected chi connectivity index (χ0v) is 13.9. The van der Waals surface area contributed by atoms with Crippen LogP contribution in [0.15, 0.2) is 12.4 Å². The monoisotopic (exact) mass is 318 g/mol. The van der Waals surface area contributed by atoms with Crippen molar-refractivity contribution in [3.63, 3.8) is 0 Å². The Balaban J connectivity index is 1.50. The van der Waals surface area contributed by atoms with Crippen molar-refractivity contribution in [3.05, 3.63) is 12.4 Å². The zero-order valence-electron chi connectivity index (χ0n) is 13.9. The van der Waals surface area contributed by atoms with Gasteiger partial charge in [-0.25, -0.2) is 0 Å². The number of ether oxygens (including phenoxy) is 1. The van der Waals surface area contributed by atoms with Crippen LogP contribution in [0.5, 0.6) is 0 Å². The lowest BCUT2D eigenvalue weighted by atomic mass is 9.77. The highest BCUT2D eigenvalue weighted by molar-refractivity contribution is 6.00. The summed E-state index contributed by atoms with van der Waals surface area (Å²) >= 11 is 0. The Bertz CT molecular complexity index is 581. The molecule has 126 valence electrons. The molecule has 1 atom stereocenters. The van der Waals surface area contributed by atoms with Gasteiger partial charge in [0.1, 0.15) is 0 Å². The lowest BCUT2D eigenvalue weighted by Crippen LogP contribution is -2.52. The molecule has 0 N–H and O–H groups in total. The smallest absolute Gasteiger partial charge is 0.234 e. The number of hydrogen-bond donors (Lipinski definition) is 0. The van der Waals surface area contributed by atoms with Crippen LogP contribution in [0.4, 0.5) is 5.69 Å². The van der Waals surface area contributed by atoms with Gasteiger partial charge in [-0.15, -0.1) is 0 Å². The Morgan fingerprint density at radius 3 is 2.83 bits per heavy atom. The number of carbonyl (C=O) groups is 1. The van der Waals surface area contributed by atoms with E-state index < -0.39 is 0 Å². The number of aromatic nitrogens is 2. The van der Waals surface area contributed by atoms with Gasteiger partial charge in [0, 0.05) is 45.6 Å². The first-order valence-corrected chi connectivity index (χ1v) is 8.80. The van der Waals surface area contributed by atoms with E-state index in [1.807, 2.05) is 18.1 Å². The van der Waals surface area contributed by atoms with Crippen LogP contribution in [0.25, 0.3) is 0 Å². The highest BCUT2D eigenvalue weighted by Gasteiger charge is 2.50. The van der Waals surface area contributed by atoms with Crippen LogP contribution in [0.3, 0.4) is 0 Å². The molecule has 1 aromatic rings. The molecule has 4 rings (SSSR count). The first kappa shape index (κ1) is 15.1. The van der Waals surface area contributed by atoms with Crippen LogP contribution in [-0.2, 0) is 16.6 Å². The standard InChI is InChI=1S/C17H26N4O2/c1-19-12-15(11-18-19)21-8-6-17(16(21)22)5-2-7-20(13-17)14-3-9-23-10-4-14/h11-12,14H,2-10,13H2,1H3. The second-order valence-corrected chi connectivity index (χ2v) is 7.28. The van der Waals surface area contributed by atoms with E-state index in [0.717, 1.165) is 70.6 Å². The molecule has 4 heterocycles. The van der Waals surface area contributed by atoms with Gasteiger partial charge in [0.15, 0.2) is 0 Å². The molecule has 6 heteroatoms. The molecule has 3 aliphatic heterocycles. The molecule has 3 aliphatic rings. The minimum absolute atomic E-state index is 0.174. The number of nitrogens with zero attached hydrogens (tertiary/aromatic N) is 4. The van der Waals surface area contributed by atoms with Crippen molar-refractivity contribution >= 4 is 11.6 Å². The molecule has 0 saturated carbocycles. The van der Waals surface area contributed by atoms with Crippen molar-refractivity contribution in [1.29, 1.82) is 0 Å². The van der Waals surface area contributed by atoms with Crippen LogP contribution < -0.4 is 4.90 Å². The molecule has 3 saturated heterocycles. The van der Waals surface area contributed by atoms with Crippen molar-refractivity contribution in [1.82, 2.24) is 14.7 Å². The van der Waals surface area contributed by atoms with Crippen LogP contribution >= 0.6 is 0 Å². The van der Waals surface area contributed by atoms with E-state index in [-0.39, 0.29) is 5.41 Å². The third-order valence-corrected chi connectivity index (χ3v) is 5.83. The molecular weight excluding hydrogens is 292 g/mol. The summed E-state index contributed by atoms with van der Waals surface area (Å²) in [5.41, 5.74) is 0.768. The fourth-order valence-electron chi connectivity index (χ4n) is 4.52. The maximum atomic E-state index is 13.2. The first-order chi connectivity index (χ1) is 11.2. The summed E-state index contributed by atoms with van der Waals surface area (Å²) in [6, 6.07) is 0.598. The van der Waals surface area contributed by atoms with Gasteiger partial charge in [-0.1, -0.05) is 0 Å². The van der Waals surface area contributed by atoms with Gasteiger partial charge in [0.2, 0.25) is 5.91 Å². The lowest BCUT2D eigenvalue weighted by molar-refractivity contribution is -0.129. The maximum Gasteiger partial charge on any atom is 0.234 e. The number of hydrogen-bond acceptors (Lipinski definition) is 4. The average Bonchev–Trinajstić information content (AvgIpc) is 3.14. The van der Waals surface area contributed by atoms with Crippen molar-refractivity contribution in [2.24, 2.45) is 12.5 Å². The van der Waals surface area contributed by atoms with E-state index in [4.69, 9.17) is 4.74 Å². The number of aryl methyl sites for hydroxylation is 1. The molecule has 0 bridgehead atoms. The molecule has 1 aromatic heterocycles. The predicted molar refractivity (Wildman–Crippen MR) is 87.3 cm³/mol. The molecule has 1 amide bonds. The summed E-state index contributed by atoms with van der Waals surface area (Å²) in [7, 11) is 1.90. The van der Waals surface area contributed by atoms with E-state index >= 15 is 0 Å². The number of likely N-dealkylation sites (tertiary alicyclic amines) is 1. The topological polar surface area (TPSA) is 50.6 Å². The van der Waals surface area contributed by atoms with Crippen molar-refractivity contribution < 1.29 is 9.53 Å². The van der Waals surface area contributed by atoms with Crippen molar-refractivity contribution in [3.8, 4) is 0 Å². The Hall–Kier alpha value is -1.40. The van der Waals surface area contributed by atoms with Gasteiger partial charge in [0.05, 0.1) is 17.3 Å². The lowest BCUT2D eigenvalue weighted by Gasteiger charge is -2.43. The number of amides is 1. The van der Waals surface area contributed by atoms with E-state index in [1.165, 1.54) is 0 Å². The fraction of sp³-hybridized carbons (Fsp3) is 0.765. The van der Waals surface area contributed by atoms with Gasteiger partial charge in [-0.3, -0.25) is 14.4 Å². The largest absolute Gasteiger partial charge is 0.381 e. The molecule has 23 heavy (non-hydrogen) atoms. The van der Waals surface area contributed by atoms with Crippen LogP contribution in [0.1, 0.15) is 32.1 Å². The summed E-state index contributed by atoms with van der Waals surface area (Å²) in [5.74, 6) is 0.308. The van der Waals surface area contributed by atoms with E-state index in [9.17, 15) is 4.79 Å². The number of anilines is 1. The fourth-order valence-corrected chi connectivity index (χ4v) is 4.52. The Labute approximate surface area is 137 Å². The van der Waals surface area contributed by atoms with Crippen LogP contribution in [0.2, 0.25) is 0 Å². The second-order valence-electron chi connectivity index (χ2n) is 7.28. The molecular formula is C17H26N4O2. The van der Waals surface area contributed by atoms with Crippen LogP contribution in [0, 0.1) is 5.41 Å². The molecule has 0 radical (unpaired) electrons. The summed E-state index contributed by atoms with van der Waals surface area (Å²) in [6.45, 7) is 4.61. The average molecular weight is 318 g/mol. The Morgan fingerprint density at radius 2 is 2.09 bits per heavy atom. The highest BCUT2D eigenvalue weighted by Crippen LogP contribution is 2.42. The molecule has 1 spiro atoms. The summed E-state index contributed by atoms with van der Waals surface area (Å²) in [5, 5.41) is 4.22. The van der Waals surface area contributed by atoms with Crippen LogP contribution in [-0.4, -0.2) is 59.5 Å². The molecule has 0 aliphatic carbocycles. The van der Waals surface area contributed by atoms with E-state index in [2.05, 4.69) is 10.00 Å². The van der Waals surface area contributed by atoms with Gasteiger partial charge in [-0.2, -0.15) is 5.10 Å². The highest BCUT2D eigenvalue weighted by atomic mass is 16.5. The van der Waals surface area contributed by atoms with Gasteiger partial charge in [-0.05, 0) is 38.6 Å². The third kappa shape index (κ3) is 2.68. The normalized spacial score (nSPS) is 30.5. The van der Waals surface area contributed by atoms with E-state index in [0.29, 0.717) is 11.9 Å². The Morgan fingerprint density at radius 1 is 1.26 bits per heavy atom. The summed E-state index contributed by atoms with van der Waals surface area (Å²) < 4.78 is 7.26. The zero-order chi connectivity index (χ0) is 15.9. The molecule has 3 fully saturated rings. The maximum absolute atomic E-state index is 13.2. The molecule has 6 nitrogen and oxygen atoms in total. The number of carbonyl (C=O) groups excluding carboxylic acids is 1. The quantitative estimate of drug-likeness (QED) is 0.827. The Kier molecular flexibility index (Phi) is 3.89. The predicted octanol–water partition coefficient (Wildman–Crippen LogP) is 1.42. The summed E-state index contributed by atoms with van der Waals surface area (Å²) in [6.07, 6.45) is 9.09. The SMILES string of the molecule is Cn1cc(N2CCC3(CCCN(C4CCOCC4)C3)C2=O)cn1. The minimum atomic E-state index is -0.174. The second kappa shape index (κ2) is 5.91. The van der Waals surface area contributed by atoms with Gasteiger partial charge in [0.25, 0.3) is 0 Å². The van der Waals surface area contributed by atoms with Gasteiger partial charge < -0.3 is 9.64 Å². The van der Waals surface area contributed by atoms with Crippen molar-refractivity contribution in [2.75, 3.05) is 37.7 Å². The minimum Gasteiger partial charge on any atom is -0.381 e. The number of rotatable bonds is 2. The van der Waals surface area contributed by atoms with E-state index in [1.54, 1.807) is 10.9 Å². The van der Waals surface area contributed by atoms with Crippen molar-refractivity contribution in [2.45, 2.75) is 38.1 Å². The summed E-state index contributed by atoms with van der Waals surface area (Å²) in [4.78, 5) is 17.7.